The number of amides is 1. The standard InChI is InChI=1S/C15H16Cl4N2O4/c1-20(13(24)25-9-15(17,18)19)14(12(22)23)7-2-8-21(14)11-5-3-10(16)4-6-11/h3-6H,2,7-9H2,1H3,(H,22,23). The van der Waals surface area contributed by atoms with Crippen molar-refractivity contribution < 1.29 is 19.4 Å². The van der Waals surface area contributed by atoms with Crippen LogP contribution >= 0.6 is 46.4 Å². The number of hydrogen-bond donors (Lipinski definition) is 1. The number of aliphatic carboxylic acids is 1. The van der Waals surface area contributed by atoms with E-state index in [-0.39, 0.29) is 6.42 Å². The zero-order chi connectivity index (χ0) is 18.8. The lowest BCUT2D eigenvalue weighted by Crippen LogP contribution is -2.63. The lowest BCUT2D eigenvalue weighted by molar-refractivity contribution is -0.149. The molecular weight excluding hydrogens is 414 g/mol. The number of alkyl halides is 3. The molecule has 1 saturated heterocycles. The number of carbonyl (C=O) groups is 2. The first-order chi connectivity index (χ1) is 11.6. The highest BCUT2D eigenvalue weighted by atomic mass is 35.6. The maximum atomic E-state index is 12.3. The third-order valence-corrected chi connectivity index (χ3v) is 4.60. The quantitative estimate of drug-likeness (QED) is 0.727. The van der Waals surface area contributed by atoms with E-state index in [1.807, 2.05) is 0 Å². The zero-order valence-corrected chi connectivity index (χ0v) is 16.2. The maximum Gasteiger partial charge on any atom is 0.412 e. The summed E-state index contributed by atoms with van der Waals surface area (Å²) in [4.78, 5) is 27.1. The first-order valence-electron chi connectivity index (χ1n) is 7.32. The van der Waals surface area contributed by atoms with E-state index in [1.54, 1.807) is 29.2 Å². The van der Waals surface area contributed by atoms with Crippen molar-refractivity contribution in [3.05, 3.63) is 29.3 Å². The summed E-state index contributed by atoms with van der Waals surface area (Å²) in [5.74, 6) is -1.17. The summed E-state index contributed by atoms with van der Waals surface area (Å²) >= 11 is 22.6. The SMILES string of the molecule is CN(C(=O)OCC(Cl)(Cl)Cl)C1(C(=O)O)CCCN1c1ccc(Cl)cc1. The van der Waals surface area contributed by atoms with Gasteiger partial charge in [0.2, 0.25) is 9.46 Å². The first-order valence-corrected chi connectivity index (χ1v) is 8.83. The van der Waals surface area contributed by atoms with E-state index in [1.165, 1.54) is 7.05 Å². The predicted octanol–water partition coefficient (Wildman–Crippen LogP) is 4.16. The number of rotatable bonds is 4. The van der Waals surface area contributed by atoms with Gasteiger partial charge in [-0.15, -0.1) is 0 Å². The first kappa shape index (κ1) is 20.2. The number of halogens is 4. The Balaban J connectivity index is 2.31. The summed E-state index contributed by atoms with van der Waals surface area (Å²) in [7, 11) is 1.35. The number of anilines is 1. The highest BCUT2D eigenvalue weighted by molar-refractivity contribution is 6.67. The molecule has 1 fully saturated rings. The molecule has 1 amide bonds. The molecule has 25 heavy (non-hydrogen) atoms. The molecule has 0 aliphatic carbocycles. The molecule has 0 radical (unpaired) electrons. The third-order valence-electron chi connectivity index (χ3n) is 4.02. The molecule has 0 aromatic heterocycles. The van der Waals surface area contributed by atoms with Crippen LogP contribution in [0.25, 0.3) is 0 Å². The van der Waals surface area contributed by atoms with Crippen LogP contribution in [0, 0.1) is 0 Å². The molecule has 0 saturated carbocycles. The molecule has 10 heteroatoms. The molecule has 0 spiro atoms. The second kappa shape index (κ2) is 7.66. The molecule has 1 unspecified atom stereocenters. The fourth-order valence-electron chi connectivity index (χ4n) is 2.87. The van der Waals surface area contributed by atoms with E-state index in [0.29, 0.717) is 23.7 Å². The van der Waals surface area contributed by atoms with E-state index in [4.69, 9.17) is 51.1 Å². The number of nitrogens with zero attached hydrogens (tertiary/aromatic N) is 2. The lowest BCUT2D eigenvalue weighted by atomic mass is 10.1. The fourth-order valence-corrected chi connectivity index (χ4v) is 3.16. The minimum absolute atomic E-state index is 0.227. The van der Waals surface area contributed by atoms with Crippen LogP contribution in [0.15, 0.2) is 24.3 Å². The normalized spacial score (nSPS) is 20.4. The van der Waals surface area contributed by atoms with Gasteiger partial charge in [0.1, 0.15) is 6.61 Å². The Hall–Kier alpha value is -1.08. The van der Waals surface area contributed by atoms with Gasteiger partial charge in [-0.3, -0.25) is 4.90 Å². The van der Waals surface area contributed by atoms with Crippen molar-refractivity contribution >= 4 is 64.2 Å². The Kier molecular flexibility index (Phi) is 6.20. The van der Waals surface area contributed by atoms with Crippen LogP contribution in [-0.2, 0) is 9.53 Å². The number of hydrogen-bond acceptors (Lipinski definition) is 4. The van der Waals surface area contributed by atoms with Gasteiger partial charge in [0.15, 0.2) is 0 Å². The Labute approximate surface area is 165 Å². The molecule has 1 aliphatic rings. The van der Waals surface area contributed by atoms with Crippen LogP contribution in [0.3, 0.4) is 0 Å². The van der Waals surface area contributed by atoms with Crippen LogP contribution in [0.4, 0.5) is 10.5 Å². The van der Waals surface area contributed by atoms with E-state index >= 15 is 0 Å². The number of carboxylic acids is 1. The minimum Gasteiger partial charge on any atom is -0.478 e. The van der Waals surface area contributed by atoms with Crippen LogP contribution < -0.4 is 4.90 Å². The summed E-state index contributed by atoms with van der Waals surface area (Å²) in [5.41, 5.74) is -0.969. The Morgan fingerprint density at radius 3 is 2.44 bits per heavy atom. The molecule has 1 N–H and O–H groups in total. The van der Waals surface area contributed by atoms with Crippen LogP contribution in [0.1, 0.15) is 12.8 Å². The number of likely N-dealkylation sites (N-methyl/N-ethyl adjacent to an activating group) is 1. The molecule has 138 valence electrons. The number of benzene rings is 1. The monoisotopic (exact) mass is 428 g/mol. The summed E-state index contributed by atoms with van der Waals surface area (Å²) in [6.07, 6.45) is -0.0870. The Bertz CT molecular complexity index is 650. The van der Waals surface area contributed by atoms with Crippen molar-refractivity contribution in [2.24, 2.45) is 0 Å². The molecule has 1 atom stereocenters. The van der Waals surface area contributed by atoms with Gasteiger partial charge in [-0.05, 0) is 30.7 Å². The van der Waals surface area contributed by atoms with Crippen molar-refractivity contribution in [1.29, 1.82) is 0 Å². The second-order valence-corrected chi connectivity index (χ2v) is 8.53. The molecule has 6 nitrogen and oxygen atoms in total. The smallest absolute Gasteiger partial charge is 0.412 e. The van der Waals surface area contributed by atoms with Crippen molar-refractivity contribution in [2.45, 2.75) is 22.3 Å². The molecule has 2 rings (SSSR count). The van der Waals surface area contributed by atoms with Gasteiger partial charge in [-0.2, -0.15) is 0 Å². The van der Waals surface area contributed by atoms with Gasteiger partial charge in [-0.1, -0.05) is 46.4 Å². The average Bonchev–Trinajstić information content (AvgIpc) is 2.98. The maximum absolute atomic E-state index is 12.3. The lowest BCUT2D eigenvalue weighted by Gasteiger charge is -2.42. The number of ether oxygens (including phenoxy) is 1. The third kappa shape index (κ3) is 4.37. The van der Waals surface area contributed by atoms with Gasteiger partial charge in [0.25, 0.3) is 0 Å². The van der Waals surface area contributed by atoms with E-state index in [0.717, 1.165) is 4.90 Å². The van der Waals surface area contributed by atoms with Gasteiger partial charge < -0.3 is 14.7 Å². The zero-order valence-electron chi connectivity index (χ0n) is 13.2. The summed E-state index contributed by atoms with van der Waals surface area (Å²) in [6.45, 7) is -0.0342. The van der Waals surface area contributed by atoms with Crippen LogP contribution in [-0.4, -0.2) is 51.7 Å². The molecule has 1 aromatic carbocycles. The van der Waals surface area contributed by atoms with Crippen LogP contribution in [0.5, 0.6) is 0 Å². The Morgan fingerprint density at radius 2 is 1.92 bits per heavy atom. The predicted molar refractivity (Wildman–Crippen MR) is 97.8 cm³/mol. The van der Waals surface area contributed by atoms with E-state index in [2.05, 4.69) is 0 Å². The number of carboxylic acid groups (broad SMARTS) is 1. The van der Waals surface area contributed by atoms with E-state index < -0.39 is 28.1 Å². The highest BCUT2D eigenvalue weighted by Gasteiger charge is 2.53. The van der Waals surface area contributed by atoms with Crippen molar-refractivity contribution in [2.75, 3.05) is 25.1 Å². The van der Waals surface area contributed by atoms with Gasteiger partial charge in [0, 0.05) is 30.7 Å². The summed E-state index contributed by atoms with van der Waals surface area (Å²) in [5, 5.41) is 10.4. The van der Waals surface area contributed by atoms with Crippen molar-refractivity contribution in [3.8, 4) is 0 Å². The average molecular weight is 430 g/mol. The largest absolute Gasteiger partial charge is 0.478 e. The number of carbonyl (C=O) groups excluding carboxylic acids is 1. The van der Waals surface area contributed by atoms with Gasteiger partial charge in [0.05, 0.1) is 0 Å². The topological polar surface area (TPSA) is 70.1 Å². The molecule has 0 bridgehead atoms. The summed E-state index contributed by atoms with van der Waals surface area (Å²) in [6, 6.07) is 6.71. The Morgan fingerprint density at radius 1 is 1.32 bits per heavy atom. The molecular formula is C15H16Cl4N2O4. The fraction of sp³-hybridized carbons (Fsp3) is 0.467. The van der Waals surface area contributed by atoms with Crippen LogP contribution in [0.2, 0.25) is 5.02 Å². The molecule has 1 heterocycles. The second-order valence-electron chi connectivity index (χ2n) is 5.58. The van der Waals surface area contributed by atoms with Gasteiger partial charge in [-0.25, -0.2) is 9.59 Å². The summed E-state index contributed by atoms with van der Waals surface area (Å²) < 4.78 is 3.16. The molecule has 1 aliphatic heterocycles. The van der Waals surface area contributed by atoms with Gasteiger partial charge >= 0.3 is 12.1 Å². The van der Waals surface area contributed by atoms with E-state index in [9.17, 15) is 14.7 Å². The highest BCUT2D eigenvalue weighted by Crippen LogP contribution is 2.37. The molecule has 1 aromatic rings. The minimum atomic E-state index is -1.78. The van der Waals surface area contributed by atoms with Crippen molar-refractivity contribution in [3.63, 3.8) is 0 Å². The van der Waals surface area contributed by atoms with Crippen molar-refractivity contribution in [1.82, 2.24) is 4.90 Å².